The normalized spacial score (nSPS) is 11.5. The van der Waals surface area contributed by atoms with E-state index in [1.54, 1.807) is 24.3 Å². The van der Waals surface area contributed by atoms with Crippen LogP contribution in [0.25, 0.3) is 0 Å². The lowest BCUT2D eigenvalue weighted by atomic mass is 10.3. The van der Waals surface area contributed by atoms with E-state index < -0.39 is 25.4 Å². The highest BCUT2D eigenvalue weighted by Gasteiger charge is 2.27. The summed E-state index contributed by atoms with van der Waals surface area (Å²) in [6.07, 6.45) is -1.82. The molecule has 3 rings (SSSR count). The number of ether oxygens (including phenoxy) is 2. The lowest BCUT2D eigenvalue weighted by Crippen LogP contribution is -2.18. The van der Waals surface area contributed by atoms with Crippen LogP contribution in [0.2, 0.25) is 5.02 Å². The Kier molecular flexibility index (Phi) is 7.06. The van der Waals surface area contributed by atoms with Crippen LogP contribution in [0.3, 0.4) is 0 Å². The van der Waals surface area contributed by atoms with Crippen molar-refractivity contribution in [3.05, 3.63) is 63.7 Å². The third-order valence-electron chi connectivity index (χ3n) is 3.53. The van der Waals surface area contributed by atoms with Crippen LogP contribution in [0.4, 0.5) is 18.9 Å². The fourth-order valence-corrected chi connectivity index (χ4v) is 2.99. The second-order valence-electron chi connectivity index (χ2n) is 5.94. The number of alkyl halides is 3. The van der Waals surface area contributed by atoms with Crippen molar-refractivity contribution in [3.63, 3.8) is 0 Å². The van der Waals surface area contributed by atoms with Crippen LogP contribution in [0, 0.1) is 0 Å². The van der Waals surface area contributed by atoms with Crippen molar-refractivity contribution >= 4 is 39.1 Å². The molecule has 3 aromatic rings. The number of amides is 1. The molecule has 0 aliphatic rings. The molecule has 12 heteroatoms. The van der Waals surface area contributed by atoms with Crippen molar-refractivity contribution in [1.82, 2.24) is 9.78 Å². The van der Waals surface area contributed by atoms with Crippen LogP contribution in [0.5, 0.6) is 5.75 Å². The van der Waals surface area contributed by atoms with Gasteiger partial charge in [-0.2, -0.15) is 18.3 Å². The average Bonchev–Trinajstić information content (AvgIpc) is 3.29. The average molecular weight is 509 g/mol. The first-order valence-electron chi connectivity index (χ1n) is 8.34. The van der Waals surface area contributed by atoms with Gasteiger partial charge in [0.05, 0.1) is 23.1 Å². The van der Waals surface area contributed by atoms with Crippen LogP contribution < -0.4 is 10.1 Å². The van der Waals surface area contributed by atoms with Gasteiger partial charge in [-0.3, -0.25) is 4.79 Å². The molecule has 0 spiro atoms. The van der Waals surface area contributed by atoms with Gasteiger partial charge in [-0.1, -0.05) is 27.5 Å². The second-order valence-corrected chi connectivity index (χ2v) is 7.27. The summed E-state index contributed by atoms with van der Waals surface area (Å²) in [6.45, 7) is -1.74. The van der Waals surface area contributed by atoms with E-state index in [0.717, 1.165) is 9.15 Å². The van der Waals surface area contributed by atoms with Gasteiger partial charge in [0.15, 0.2) is 5.76 Å². The Labute approximate surface area is 181 Å². The van der Waals surface area contributed by atoms with E-state index in [-0.39, 0.29) is 18.1 Å². The van der Waals surface area contributed by atoms with Gasteiger partial charge in [-0.15, -0.1) is 0 Å². The number of nitrogens with one attached hydrogen (secondary N) is 1. The van der Waals surface area contributed by atoms with Crippen molar-refractivity contribution < 1.29 is 31.9 Å². The number of hydrogen-bond donors (Lipinski definition) is 1. The van der Waals surface area contributed by atoms with Crippen LogP contribution >= 0.6 is 27.5 Å². The number of rotatable bonds is 8. The molecule has 160 valence electrons. The van der Waals surface area contributed by atoms with Crippen molar-refractivity contribution in [2.75, 3.05) is 11.9 Å². The topological polar surface area (TPSA) is 78.5 Å². The van der Waals surface area contributed by atoms with Crippen LogP contribution in [-0.2, 0) is 18.1 Å². The van der Waals surface area contributed by atoms with Crippen molar-refractivity contribution in [2.45, 2.75) is 19.5 Å². The highest BCUT2D eigenvalue weighted by Crippen LogP contribution is 2.28. The summed E-state index contributed by atoms with van der Waals surface area (Å²) in [5, 5.41) is 6.76. The number of hydrogen-bond acceptors (Lipinski definition) is 5. The Morgan fingerprint density at radius 3 is 2.83 bits per heavy atom. The van der Waals surface area contributed by atoms with Crippen LogP contribution in [0.15, 0.2) is 51.6 Å². The van der Waals surface area contributed by atoms with Gasteiger partial charge >= 0.3 is 6.18 Å². The summed E-state index contributed by atoms with van der Waals surface area (Å²) in [5.74, 6) is 0.327. The SMILES string of the molecule is O=C(Nc1cnn(COCC(F)(F)F)c1)c1ccc(COc2ccc(Br)cc2Cl)o1. The fraction of sp³-hybridized carbons (Fsp3) is 0.222. The van der Waals surface area contributed by atoms with Gasteiger partial charge in [0.1, 0.15) is 31.5 Å². The van der Waals surface area contributed by atoms with E-state index >= 15 is 0 Å². The summed E-state index contributed by atoms with van der Waals surface area (Å²) in [5.41, 5.74) is 0.270. The minimum Gasteiger partial charge on any atom is -0.484 e. The van der Waals surface area contributed by atoms with Crippen molar-refractivity contribution in [1.29, 1.82) is 0 Å². The van der Waals surface area contributed by atoms with Crippen molar-refractivity contribution in [2.24, 2.45) is 0 Å². The number of aromatic nitrogens is 2. The summed E-state index contributed by atoms with van der Waals surface area (Å²) in [6, 6.07) is 8.20. The number of furan rings is 1. The number of carbonyl (C=O) groups is 1. The molecule has 1 amide bonds. The minimum atomic E-state index is -4.42. The lowest BCUT2D eigenvalue weighted by molar-refractivity contribution is -0.182. The van der Waals surface area contributed by atoms with E-state index in [0.29, 0.717) is 16.5 Å². The highest BCUT2D eigenvalue weighted by molar-refractivity contribution is 9.10. The van der Waals surface area contributed by atoms with Crippen LogP contribution in [-0.4, -0.2) is 28.5 Å². The molecule has 0 unspecified atom stereocenters. The third kappa shape index (κ3) is 6.51. The largest absolute Gasteiger partial charge is 0.484 e. The Hall–Kier alpha value is -2.50. The van der Waals surface area contributed by atoms with Gasteiger partial charge in [0.2, 0.25) is 0 Å². The standard InChI is InChI=1S/C18H14BrClF3N3O4/c19-11-1-3-15(14(20)5-11)29-8-13-2-4-16(30-13)17(27)25-12-6-24-26(7-12)10-28-9-18(21,22)23/h1-7H,8-10H2,(H,25,27). The van der Waals surface area contributed by atoms with E-state index in [1.165, 1.54) is 18.5 Å². The van der Waals surface area contributed by atoms with Gasteiger partial charge in [0, 0.05) is 4.47 Å². The molecular weight excluding hydrogens is 495 g/mol. The molecule has 0 saturated heterocycles. The summed E-state index contributed by atoms with van der Waals surface area (Å²) in [4.78, 5) is 12.3. The van der Waals surface area contributed by atoms with Gasteiger partial charge in [-0.25, -0.2) is 4.68 Å². The highest BCUT2D eigenvalue weighted by atomic mass is 79.9. The van der Waals surface area contributed by atoms with E-state index in [9.17, 15) is 18.0 Å². The Balaban J connectivity index is 1.51. The molecule has 0 aliphatic carbocycles. The minimum absolute atomic E-state index is 0.0246. The number of benzene rings is 1. The fourth-order valence-electron chi connectivity index (χ4n) is 2.26. The molecule has 1 aromatic carbocycles. The number of anilines is 1. The number of carbonyl (C=O) groups excluding carboxylic acids is 1. The zero-order valence-corrected chi connectivity index (χ0v) is 17.4. The maximum atomic E-state index is 12.3. The van der Waals surface area contributed by atoms with Crippen LogP contribution in [0.1, 0.15) is 16.3 Å². The monoisotopic (exact) mass is 507 g/mol. The Bertz CT molecular complexity index is 1020. The maximum absolute atomic E-state index is 12.3. The molecule has 0 saturated carbocycles. The second kappa shape index (κ2) is 9.54. The molecule has 0 fully saturated rings. The predicted octanol–water partition coefficient (Wildman–Crippen LogP) is 5.26. The molecule has 7 nitrogen and oxygen atoms in total. The first-order chi connectivity index (χ1) is 14.2. The Morgan fingerprint density at radius 1 is 1.30 bits per heavy atom. The zero-order chi connectivity index (χ0) is 21.7. The number of nitrogens with zero attached hydrogens (tertiary/aromatic N) is 2. The molecule has 2 aromatic heterocycles. The van der Waals surface area contributed by atoms with E-state index in [1.807, 2.05) is 0 Å². The smallest absolute Gasteiger partial charge is 0.411 e. The molecule has 0 radical (unpaired) electrons. The quantitative estimate of drug-likeness (QED) is 0.449. The van der Waals surface area contributed by atoms with Gasteiger partial charge in [-0.05, 0) is 30.3 Å². The molecule has 30 heavy (non-hydrogen) atoms. The third-order valence-corrected chi connectivity index (χ3v) is 4.32. The molecule has 0 bridgehead atoms. The Morgan fingerprint density at radius 2 is 2.10 bits per heavy atom. The molecular formula is C18H14BrClF3N3O4. The van der Waals surface area contributed by atoms with E-state index in [2.05, 4.69) is 31.1 Å². The predicted molar refractivity (Wildman–Crippen MR) is 104 cm³/mol. The first-order valence-corrected chi connectivity index (χ1v) is 9.51. The molecule has 0 atom stereocenters. The molecule has 2 heterocycles. The lowest BCUT2D eigenvalue weighted by Gasteiger charge is -2.07. The summed E-state index contributed by atoms with van der Waals surface area (Å²) in [7, 11) is 0. The molecule has 0 aliphatic heterocycles. The summed E-state index contributed by atoms with van der Waals surface area (Å²) < 4.78 is 53.6. The first kappa shape index (κ1) is 22.2. The van der Waals surface area contributed by atoms with Gasteiger partial charge in [0.25, 0.3) is 5.91 Å². The molecule has 1 N–H and O–H groups in total. The van der Waals surface area contributed by atoms with E-state index in [4.69, 9.17) is 20.8 Å². The zero-order valence-electron chi connectivity index (χ0n) is 15.1. The van der Waals surface area contributed by atoms with Crippen molar-refractivity contribution in [3.8, 4) is 5.75 Å². The van der Waals surface area contributed by atoms with Gasteiger partial charge < -0.3 is 19.2 Å². The summed E-state index contributed by atoms with van der Waals surface area (Å²) >= 11 is 9.37. The number of halogens is 5. The maximum Gasteiger partial charge on any atom is 0.411 e.